The quantitative estimate of drug-likeness (QED) is 0.886. The second-order valence-corrected chi connectivity index (χ2v) is 6.06. The molecule has 3 heteroatoms. The highest BCUT2D eigenvalue weighted by Gasteiger charge is 2.40. The van der Waals surface area contributed by atoms with E-state index in [0.717, 1.165) is 18.4 Å². The van der Waals surface area contributed by atoms with Crippen molar-refractivity contribution in [3.8, 4) is 0 Å². The first kappa shape index (κ1) is 13.1. The third kappa shape index (κ3) is 2.15. The molecule has 1 aromatic carbocycles. The molecule has 2 rings (SSSR count). The lowest BCUT2D eigenvalue weighted by Crippen LogP contribution is -2.39. The molecular weight excluding hydrogens is 224 g/mol. The summed E-state index contributed by atoms with van der Waals surface area (Å²) in [7, 11) is 3.58. The molecular formula is C15H22N2O. The molecule has 0 unspecified atom stereocenters. The maximum Gasteiger partial charge on any atom is 0.232 e. The summed E-state index contributed by atoms with van der Waals surface area (Å²) in [6.45, 7) is 3.92. The minimum atomic E-state index is -0.493. The molecule has 0 bridgehead atoms. The SMILES string of the molecule is CN(C)C(=O)C(C)(C)c1ccc(C2(N)CC2)cc1. The Morgan fingerprint density at radius 1 is 1.22 bits per heavy atom. The summed E-state index contributed by atoms with van der Waals surface area (Å²) >= 11 is 0. The molecule has 0 spiro atoms. The van der Waals surface area contributed by atoms with Crippen molar-refractivity contribution in [3.63, 3.8) is 0 Å². The van der Waals surface area contributed by atoms with E-state index in [-0.39, 0.29) is 11.4 Å². The fraction of sp³-hybridized carbons (Fsp3) is 0.533. The molecule has 0 atom stereocenters. The summed E-state index contributed by atoms with van der Waals surface area (Å²) in [5, 5.41) is 0. The third-order valence-electron chi connectivity index (χ3n) is 3.91. The van der Waals surface area contributed by atoms with Crippen LogP contribution in [0.15, 0.2) is 24.3 Å². The zero-order chi connectivity index (χ0) is 13.6. The lowest BCUT2D eigenvalue weighted by atomic mass is 9.82. The summed E-state index contributed by atoms with van der Waals surface area (Å²) in [6.07, 6.45) is 2.12. The summed E-state index contributed by atoms with van der Waals surface area (Å²) < 4.78 is 0. The summed E-state index contributed by atoms with van der Waals surface area (Å²) in [4.78, 5) is 13.8. The maximum atomic E-state index is 12.2. The second kappa shape index (κ2) is 4.09. The van der Waals surface area contributed by atoms with Crippen molar-refractivity contribution >= 4 is 5.91 Å². The molecule has 3 nitrogen and oxygen atoms in total. The van der Waals surface area contributed by atoms with Crippen molar-refractivity contribution in [2.45, 2.75) is 37.6 Å². The van der Waals surface area contributed by atoms with E-state index in [0.29, 0.717) is 0 Å². The van der Waals surface area contributed by atoms with Gasteiger partial charge in [-0.3, -0.25) is 4.79 Å². The monoisotopic (exact) mass is 246 g/mol. The number of rotatable bonds is 3. The van der Waals surface area contributed by atoms with E-state index in [1.54, 1.807) is 19.0 Å². The first-order valence-corrected chi connectivity index (χ1v) is 6.39. The molecule has 0 aliphatic heterocycles. The van der Waals surface area contributed by atoms with Crippen LogP contribution < -0.4 is 5.73 Å². The molecule has 1 aromatic rings. The smallest absolute Gasteiger partial charge is 0.232 e. The van der Waals surface area contributed by atoms with Crippen LogP contribution in [0, 0.1) is 0 Å². The number of nitrogens with two attached hydrogens (primary N) is 1. The predicted molar refractivity (Wildman–Crippen MR) is 73.3 cm³/mol. The summed E-state index contributed by atoms with van der Waals surface area (Å²) in [5.74, 6) is 0.115. The lowest BCUT2D eigenvalue weighted by Gasteiger charge is -2.28. The zero-order valence-corrected chi connectivity index (χ0v) is 11.7. The van der Waals surface area contributed by atoms with Gasteiger partial charge in [-0.05, 0) is 37.8 Å². The Morgan fingerprint density at radius 2 is 1.72 bits per heavy atom. The van der Waals surface area contributed by atoms with Crippen molar-refractivity contribution in [3.05, 3.63) is 35.4 Å². The average Bonchev–Trinajstić information content (AvgIpc) is 3.07. The van der Waals surface area contributed by atoms with Crippen LogP contribution in [0.25, 0.3) is 0 Å². The molecule has 18 heavy (non-hydrogen) atoms. The first-order valence-electron chi connectivity index (χ1n) is 6.39. The topological polar surface area (TPSA) is 46.3 Å². The third-order valence-corrected chi connectivity index (χ3v) is 3.91. The number of likely N-dealkylation sites (N-methyl/N-ethyl adjacent to an activating group) is 1. The fourth-order valence-corrected chi connectivity index (χ4v) is 2.32. The molecule has 0 aromatic heterocycles. The van der Waals surface area contributed by atoms with Gasteiger partial charge in [0.05, 0.1) is 5.41 Å². The Balaban J connectivity index is 2.26. The van der Waals surface area contributed by atoms with Gasteiger partial charge in [-0.25, -0.2) is 0 Å². The van der Waals surface area contributed by atoms with E-state index in [1.165, 1.54) is 5.56 Å². The van der Waals surface area contributed by atoms with Gasteiger partial charge in [0.25, 0.3) is 0 Å². The fourth-order valence-electron chi connectivity index (χ4n) is 2.32. The summed E-state index contributed by atoms with van der Waals surface area (Å²) in [5.41, 5.74) is 7.78. The number of benzene rings is 1. The van der Waals surface area contributed by atoms with Crippen LogP contribution in [0.4, 0.5) is 0 Å². The molecule has 1 amide bonds. The molecule has 0 radical (unpaired) electrons. The summed E-state index contributed by atoms with van der Waals surface area (Å²) in [6, 6.07) is 8.19. The number of amides is 1. The Hall–Kier alpha value is -1.35. The minimum Gasteiger partial charge on any atom is -0.348 e. The largest absolute Gasteiger partial charge is 0.348 e. The molecule has 0 saturated heterocycles. The van der Waals surface area contributed by atoms with Crippen molar-refractivity contribution in [2.75, 3.05) is 14.1 Å². The van der Waals surface area contributed by atoms with E-state index < -0.39 is 5.41 Å². The van der Waals surface area contributed by atoms with Gasteiger partial charge in [0.15, 0.2) is 0 Å². The Labute approximate surface area is 109 Å². The number of hydrogen-bond donors (Lipinski definition) is 1. The molecule has 1 fully saturated rings. The van der Waals surface area contributed by atoms with Crippen LogP contribution in [0.2, 0.25) is 0 Å². The van der Waals surface area contributed by atoms with E-state index in [4.69, 9.17) is 5.73 Å². The van der Waals surface area contributed by atoms with Crippen LogP contribution in [0.1, 0.15) is 37.8 Å². The van der Waals surface area contributed by atoms with Crippen LogP contribution in [0.5, 0.6) is 0 Å². The van der Waals surface area contributed by atoms with Crippen LogP contribution in [-0.2, 0) is 15.7 Å². The van der Waals surface area contributed by atoms with Crippen LogP contribution >= 0.6 is 0 Å². The van der Waals surface area contributed by atoms with Crippen molar-refractivity contribution in [1.29, 1.82) is 0 Å². The molecule has 1 aliphatic carbocycles. The highest BCUT2D eigenvalue weighted by atomic mass is 16.2. The number of carbonyl (C=O) groups is 1. The second-order valence-electron chi connectivity index (χ2n) is 6.06. The normalized spacial score (nSPS) is 17.4. The standard InChI is InChI=1S/C15H22N2O/c1-14(2,13(18)17(3)4)11-5-7-12(8-6-11)15(16)9-10-15/h5-8H,9-10,16H2,1-4H3. The highest BCUT2D eigenvalue weighted by Crippen LogP contribution is 2.43. The van der Waals surface area contributed by atoms with E-state index in [1.807, 2.05) is 26.0 Å². The molecule has 0 heterocycles. The van der Waals surface area contributed by atoms with Crippen molar-refractivity contribution < 1.29 is 4.79 Å². The van der Waals surface area contributed by atoms with Gasteiger partial charge < -0.3 is 10.6 Å². The number of hydrogen-bond acceptors (Lipinski definition) is 2. The molecule has 98 valence electrons. The van der Waals surface area contributed by atoms with Crippen molar-refractivity contribution in [1.82, 2.24) is 4.90 Å². The van der Waals surface area contributed by atoms with Gasteiger partial charge in [0.1, 0.15) is 0 Å². The molecule has 1 aliphatic rings. The maximum absolute atomic E-state index is 12.2. The Bertz CT molecular complexity index is 456. The van der Waals surface area contributed by atoms with Crippen molar-refractivity contribution in [2.24, 2.45) is 5.73 Å². The van der Waals surface area contributed by atoms with Gasteiger partial charge in [-0.15, -0.1) is 0 Å². The molecule has 1 saturated carbocycles. The van der Waals surface area contributed by atoms with E-state index in [9.17, 15) is 4.79 Å². The van der Waals surface area contributed by atoms with E-state index >= 15 is 0 Å². The Kier molecular flexibility index (Phi) is 2.98. The zero-order valence-electron chi connectivity index (χ0n) is 11.7. The number of nitrogens with zero attached hydrogens (tertiary/aromatic N) is 1. The van der Waals surface area contributed by atoms with Crippen LogP contribution in [0.3, 0.4) is 0 Å². The lowest BCUT2D eigenvalue weighted by molar-refractivity contribution is -0.133. The van der Waals surface area contributed by atoms with E-state index in [2.05, 4.69) is 12.1 Å². The van der Waals surface area contributed by atoms with Gasteiger partial charge >= 0.3 is 0 Å². The Morgan fingerprint density at radius 3 is 2.11 bits per heavy atom. The molecule has 2 N–H and O–H groups in total. The first-order chi connectivity index (χ1) is 8.27. The highest BCUT2D eigenvalue weighted by molar-refractivity contribution is 5.87. The van der Waals surface area contributed by atoms with Gasteiger partial charge in [-0.2, -0.15) is 0 Å². The van der Waals surface area contributed by atoms with Gasteiger partial charge in [-0.1, -0.05) is 24.3 Å². The minimum absolute atomic E-state index is 0.103. The van der Waals surface area contributed by atoms with Crippen LogP contribution in [-0.4, -0.2) is 24.9 Å². The number of carbonyl (C=O) groups excluding carboxylic acids is 1. The van der Waals surface area contributed by atoms with Gasteiger partial charge in [0, 0.05) is 19.6 Å². The van der Waals surface area contributed by atoms with Gasteiger partial charge in [0.2, 0.25) is 5.91 Å². The average molecular weight is 246 g/mol. The predicted octanol–water partition coefficient (Wildman–Crippen LogP) is 2.00.